The number of methoxy groups -OCH3 is 3. The molecule has 33 heavy (non-hydrogen) atoms. The molecule has 7 rings (SSSR count). The Morgan fingerprint density at radius 1 is 1.18 bits per heavy atom. The topological polar surface area (TPSA) is 74.3 Å². The summed E-state index contributed by atoms with van der Waals surface area (Å²) in [6.45, 7) is 2.90. The summed E-state index contributed by atoms with van der Waals surface area (Å²) in [7, 11) is 6.45. The van der Waals surface area contributed by atoms with Gasteiger partial charge in [-0.25, -0.2) is 0 Å². The molecule has 1 saturated heterocycles. The van der Waals surface area contributed by atoms with Crippen molar-refractivity contribution >= 4 is 23.5 Å². The Labute approximate surface area is 197 Å². The molecule has 0 radical (unpaired) electrons. The fourth-order valence-corrected chi connectivity index (χ4v) is 9.07. The van der Waals surface area contributed by atoms with Gasteiger partial charge < -0.3 is 23.8 Å². The van der Waals surface area contributed by atoms with Crippen molar-refractivity contribution in [2.24, 2.45) is 23.2 Å². The van der Waals surface area contributed by atoms with E-state index in [1.165, 1.54) is 19.8 Å². The smallest absolute Gasteiger partial charge is 0.310 e. The summed E-state index contributed by atoms with van der Waals surface area (Å²) in [6, 6.07) is 4.00. The number of ether oxygens (including phenoxy) is 4. The van der Waals surface area contributed by atoms with Gasteiger partial charge in [-0.1, -0.05) is 23.7 Å². The molecule has 8 heteroatoms. The lowest BCUT2D eigenvalue weighted by molar-refractivity contribution is -0.227. The van der Waals surface area contributed by atoms with Crippen molar-refractivity contribution in [3.8, 4) is 11.5 Å². The maximum Gasteiger partial charge on any atom is 0.310 e. The molecule has 0 N–H and O–H groups in total. The van der Waals surface area contributed by atoms with E-state index in [1.807, 2.05) is 6.07 Å². The standard InChI is InChI=1S/C25H28ClNO6/c1-23-18-13(26)11-24(19(22(29)32-5)16(18)21(28)31-4)15-10-12-6-7-14(30-3)20(33-23)17(12)25(23,24)8-9-27(15)2/h6-7,11,15-16,18-19H,8-10H2,1-5H3/t15-,16+,18+,19-,23-,24-,25+/m1/s1. The number of likely N-dealkylation sites (N-methyl/N-ethyl adjacent to an activating group) is 1. The molecular formula is C25H28ClNO6. The first-order chi connectivity index (χ1) is 15.7. The molecule has 2 spiro atoms. The van der Waals surface area contributed by atoms with Gasteiger partial charge in [0.05, 0.1) is 38.6 Å². The monoisotopic (exact) mass is 473 g/mol. The average molecular weight is 474 g/mol. The normalized spacial score (nSPS) is 41.6. The van der Waals surface area contributed by atoms with Gasteiger partial charge in [0.15, 0.2) is 11.5 Å². The Morgan fingerprint density at radius 3 is 2.58 bits per heavy atom. The van der Waals surface area contributed by atoms with Crippen LogP contribution in [0.15, 0.2) is 23.2 Å². The minimum Gasteiger partial charge on any atom is -0.493 e. The van der Waals surface area contributed by atoms with E-state index < -0.39 is 46.1 Å². The van der Waals surface area contributed by atoms with Crippen LogP contribution < -0.4 is 9.47 Å². The zero-order valence-corrected chi connectivity index (χ0v) is 20.2. The lowest BCUT2D eigenvalue weighted by Gasteiger charge is -2.73. The number of halogens is 1. The van der Waals surface area contributed by atoms with Crippen LogP contribution in [0.4, 0.5) is 0 Å². The average Bonchev–Trinajstić information content (AvgIpc) is 3.08. The minimum absolute atomic E-state index is 0.0627. The van der Waals surface area contributed by atoms with Crippen LogP contribution in [0.2, 0.25) is 0 Å². The van der Waals surface area contributed by atoms with Gasteiger partial charge in [0, 0.05) is 28.0 Å². The van der Waals surface area contributed by atoms with E-state index in [0.717, 1.165) is 18.5 Å². The summed E-state index contributed by atoms with van der Waals surface area (Å²) < 4.78 is 23.2. The molecule has 0 aromatic heterocycles. The number of hydrogen-bond donors (Lipinski definition) is 0. The second kappa shape index (κ2) is 6.45. The Morgan fingerprint density at radius 2 is 1.91 bits per heavy atom. The number of esters is 2. The van der Waals surface area contributed by atoms with Crippen LogP contribution in [0.3, 0.4) is 0 Å². The van der Waals surface area contributed by atoms with Crippen molar-refractivity contribution < 1.29 is 28.5 Å². The summed E-state index contributed by atoms with van der Waals surface area (Å²) in [6.07, 6.45) is 3.54. The maximum atomic E-state index is 13.6. The van der Waals surface area contributed by atoms with Gasteiger partial charge in [-0.05, 0) is 45.0 Å². The molecular weight excluding hydrogens is 446 g/mol. The lowest BCUT2D eigenvalue weighted by Crippen LogP contribution is -2.82. The Bertz CT molecular complexity index is 1130. The number of carbonyl (C=O) groups is 2. The van der Waals surface area contributed by atoms with Crippen molar-refractivity contribution in [2.75, 3.05) is 34.9 Å². The van der Waals surface area contributed by atoms with E-state index in [0.29, 0.717) is 23.0 Å². The molecule has 6 aliphatic rings. The zero-order valence-electron chi connectivity index (χ0n) is 19.4. The molecule has 1 aromatic carbocycles. The van der Waals surface area contributed by atoms with E-state index in [4.69, 9.17) is 30.5 Å². The van der Waals surface area contributed by atoms with Gasteiger partial charge >= 0.3 is 11.9 Å². The van der Waals surface area contributed by atoms with Gasteiger partial charge in [-0.2, -0.15) is 0 Å². The van der Waals surface area contributed by atoms with Gasteiger partial charge in [0.1, 0.15) is 5.60 Å². The van der Waals surface area contributed by atoms with Crippen LogP contribution in [0.25, 0.3) is 0 Å². The third kappa shape index (κ3) is 2.01. The van der Waals surface area contributed by atoms with E-state index in [2.05, 4.69) is 31.0 Å². The Kier molecular flexibility index (Phi) is 4.16. The van der Waals surface area contributed by atoms with Crippen LogP contribution in [-0.2, 0) is 30.9 Å². The highest BCUT2D eigenvalue weighted by atomic mass is 35.5. The van der Waals surface area contributed by atoms with Crippen LogP contribution in [-0.4, -0.2) is 63.4 Å². The largest absolute Gasteiger partial charge is 0.493 e. The summed E-state index contributed by atoms with van der Waals surface area (Å²) in [5.41, 5.74) is 0.106. The molecule has 7 nitrogen and oxygen atoms in total. The fraction of sp³-hybridized carbons (Fsp3) is 0.600. The predicted molar refractivity (Wildman–Crippen MR) is 119 cm³/mol. The Hall–Kier alpha value is -2.25. The molecule has 2 heterocycles. The van der Waals surface area contributed by atoms with Crippen molar-refractivity contribution in [2.45, 2.75) is 36.8 Å². The highest BCUT2D eigenvalue weighted by Crippen LogP contribution is 2.79. The van der Waals surface area contributed by atoms with E-state index >= 15 is 0 Å². The molecule has 4 aliphatic carbocycles. The summed E-state index contributed by atoms with van der Waals surface area (Å²) >= 11 is 7.01. The van der Waals surface area contributed by atoms with Crippen molar-refractivity contribution in [1.29, 1.82) is 0 Å². The highest BCUT2D eigenvalue weighted by molar-refractivity contribution is 6.30. The molecule has 0 amide bonds. The molecule has 176 valence electrons. The minimum atomic E-state index is -0.853. The van der Waals surface area contributed by atoms with Crippen LogP contribution >= 0.6 is 11.6 Å². The number of piperidine rings is 1. The number of nitrogens with zero attached hydrogens (tertiary/aromatic N) is 1. The molecule has 0 unspecified atom stereocenters. The van der Waals surface area contributed by atoms with Gasteiger partial charge in [-0.15, -0.1) is 0 Å². The zero-order chi connectivity index (χ0) is 23.5. The van der Waals surface area contributed by atoms with E-state index in [9.17, 15) is 9.59 Å². The summed E-state index contributed by atoms with van der Waals surface area (Å²) in [4.78, 5) is 29.2. The van der Waals surface area contributed by atoms with E-state index in [1.54, 1.807) is 7.11 Å². The number of fused-ring (bicyclic) bond motifs is 1. The fourth-order valence-electron chi connectivity index (χ4n) is 8.54. The second-order valence-electron chi connectivity index (χ2n) is 10.2. The molecule has 1 aromatic rings. The van der Waals surface area contributed by atoms with Crippen LogP contribution in [0.5, 0.6) is 11.5 Å². The summed E-state index contributed by atoms with van der Waals surface area (Å²) in [5.74, 6) is -1.60. The van der Waals surface area contributed by atoms with Crippen molar-refractivity contribution in [3.05, 3.63) is 34.4 Å². The number of hydrogen-bond acceptors (Lipinski definition) is 7. The molecule has 2 fully saturated rings. The van der Waals surface area contributed by atoms with Gasteiger partial charge in [-0.3, -0.25) is 9.59 Å². The number of rotatable bonds is 3. The highest BCUT2D eigenvalue weighted by Gasteiger charge is 2.85. The number of carbonyl (C=O) groups excluding carboxylic acids is 2. The third-order valence-electron chi connectivity index (χ3n) is 9.52. The first kappa shape index (κ1) is 21.3. The number of likely N-dealkylation sites (tertiary alicyclic amines) is 1. The molecule has 1 saturated carbocycles. The molecule has 4 bridgehead atoms. The summed E-state index contributed by atoms with van der Waals surface area (Å²) in [5, 5.41) is 0.555. The maximum absolute atomic E-state index is 13.6. The lowest BCUT2D eigenvalue weighted by atomic mass is 9.31. The number of benzene rings is 1. The van der Waals surface area contributed by atoms with E-state index in [-0.39, 0.29) is 6.04 Å². The molecule has 2 aliphatic heterocycles. The van der Waals surface area contributed by atoms with Crippen LogP contribution in [0.1, 0.15) is 24.5 Å². The van der Waals surface area contributed by atoms with Crippen molar-refractivity contribution in [3.63, 3.8) is 0 Å². The Balaban J connectivity index is 1.77. The SMILES string of the molecule is COC(=O)[C@@H]1[C@H](C(=O)OC)[C@]23C=C(Cl)[C@@H]1[C@@]1(C)Oc4c(OC)ccc5c4[C@]21CCN(C)[C@@H]3C5. The van der Waals surface area contributed by atoms with Crippen LogP contribution in [0, 0.1) is 23.2 Å². The van der Waals surface area contributed by atoms with Gasteiger partial charge in [0.25, 0.3) is 0 Å². The predicted octanol–water partition coefficient (Wildman–Crippen LogP) is 2.68. The quantitative estimate of drug-likeness (QED) is 0.625. The van der Waals surface area contributed by atoms with Crippen molar-refractivity contribution in [1.82, 2.24) is 4.90 Å². The first-order valence-corrected chi connectivity index (χ1v) is 11.7. The molecule has 7 atom stereocenters. The second-order valence-corrected chi connectivity index (χ2v) is 10.6. The third-order valence-corrected chi connectivity index (χ3v) is 9.86. The van der Waals surface area contributed by atoms with Gasteiger partial charge in [0.2, 0.25) is 0 Å². The first-order valence-electron chi connectivity index (χ1n) is 11.4.